The average molecular weight is 497 g/mol. The van der Waals surface area contributed by atoms with Gasteiger partial charge in [-0.25, -0.2) is 8.42 Å². The van der Waals surface area contributed by atoms with E-state index in [2.05, 4.69) is 15.6 Å². The number of aromatic nitrogens is 1. The Hall–Kier alpha value is -3.17. The fraction of sp³-hybridized carbons (Fsp3) is 0.385. The molecule has 1 aliphatic heterocycles. The first-order chi connectivity index (χ1) is 16.8. The molecule has 186 valence electrons. The highest BCUT2D eigenvalue weighted by Gasteiger charge is 2.38. The maximum absolute atomic E-state index is 13.5. The number of fused-ring (bicyclic) bond motifs is 1. The molecular weight excluding hydrogens is 464 g/mol. The van der Waals surface area contributed by atoms with Gasteiger partial charge in [-0.15, -0.1) is 0 Å². The van der Waals surface area contributed by atoms with Crippen molar-refractivity contribution in [3.63, 3.8) is 0 Å². The second-order valence-electron chi connectivity index (χ2n) is 9.23. The van der Waals surface area contributed by atoms with Gasteiger partial charge in [0.25, 0.3) is 0 Å². The summed E-state index contributed by atoms with van der Waals surface area (Å²) < 4.78 is 28.0. The van der Waals surface area contributed by atoms with E-state index in [9.17, 15) is 18.0 Å². The van der Waals surface area contributed by atoms with Crippen LogP contribution >= 0.6 is 0 Å². The Labute approximate surface area is 206 Å². The molecule has 2 aromatic carbocycles. The highest BCUT2D eigenvalue weighted by Crippen LogP contribution is 2.26. The van der Waals surface area contributed by atoms with Crippen molar-refractivity contribution in [3.05, 3.63) is 66.4 Å². The third kappa shape index (κ3) is 5.57. The molecule has 0 bridgehead atoms. The van der Waals surface area contributed by atoms with Crippen LogP contribution in [-0.4, -0.2) is 48.3 Å². The summed E-state index contributed by atoms with van der Waals surface area (Å²) in [4.78, 5) is 29.4. The number of hydrogen-bond acceptors (Lipinski definition) is 4. The van der Waals surface area contributed by atoms with Crippen LogP contribution in [0.5, 0.6) is 0 Å². The van der Waals surface area contributed by atoms with Gasteiger partial charge in [-0.05, 0) is 36.6 Å². The van der Waals surface area contributed by atoms with E-state index in [0.29, 0.717) is 19.3 Å². The maximum Gasteiger partial charge on any atom is 0.243 e. The first-order valence-corrected chi connectivity index (χ1v) is 13.4. The number of nitrogens with zero attached hydrogens (tertiary/aromatic N) is 1. The van der Waals surface area contributed by atoms with Gasteiger partial charge in [0, 0.05) is 36.0 Å². The van der Waals surface area contributed by atoms with Gasteiger partial charge in [-0.3, -0.25) is 9.59 Å². The Kier molecular flexibility index (Phi) is 7.57. The Morgan fingerprint density at radius 3 is 2.49 bits per heavy atom. The summed E-state index contributed by atoms with van der Waals surface area (Å²) >= 11 is 0. The number of H-pyrrole nitrogens is 1. The van der Waals surface area contributed by atoms with Crippen LogP contribution in [0.15, 0.2) is 65.7 Å². The van der Waals surface area contributed by atoms with Gasteiger partial charge < -0.3 is 15.6 Å². The summed E-state index contributed by atoms with van der Waals surface area (Å²) in [5.41, 5.74) is 1.92. The molecule has 2 heterocycles. The van der Waals surface area contributed by atoms with Crippen LogP contribution in [0.4, 0.5) is 0 Å². The van der Waals surface area contributed by atoms with Gasteiger partial charge in [0.05, 0.1) is 4.90 Å². The fourth-order valence-corrected chi connectivity index (χ4v) is 6.12. The van der Waals surface area contributed by atoms with Crippen molar-refractivity contribution in [2.75, 3.05) is 6.54 Å². The monoisotopic (exact) mass is 496 g/mol. The lowest BCUT2D eigenvalue weighted by atomic mass is 10.0. The third-order valence-corrected chi connectivity index (χ3v) is 8.28. The molecular formula is C26H32N4O4S. The van der Waals surface area contributed by atoms with Gasteiger partial charge in [0.2, 0.25) is 21.8 Å². The molecule has 1 saturated heterocycles. The smallest absolute Gasteiger partial charge is 0.243 e. The molecule has 0 spiro atoms. The minimum absolute atomic E-state index is 0.170. The highest BCUT2D eigenvalue weighted by molar-refractivity contribution is 7.89. The lowest BCUT2D eigenvalue weighted by Gasteiger charge is -2.34. The Bertz CT molecular complexity index is 1290. The van der Waals surface area contributed by atoms with Crippen molar-refractivity contribution < 1.29 is 18.0 Å². The van der Waals surface area contributed by atoms with Gasteiger partial charge >= 0.3 is 0 Å². The number of amides is 2. The van der Waals surface area contributed by atoms with Crippen molar-refractivity contribution in [1.29, 1.82) is 0 Å². The number of benzene rings is 2. The molecule has 2 amide bonds. The van der Waals surface area contributed by atoms with E-state index >= 15 is 0 Å². The molecule has 2 atom stereocenters. The molecule has 0 radical (unpaired) electrons. The Balaban J connectivity index is 1.57. The summed E-state index contributed by atoms with van der Waals surface area (Å²) in [5.74, 6) is -0.854. The van der Waals surface area contributed by atoms with Crippen molar-refractivity contribution in [1.82, 2.24) is 19.9 Å². The number of piperidine rings is 1. The number of aromatic amines is 1. The van der Waals surface area contributed by atoms with Gasteiger partial charge in [0.15, 0.2) is 0 Å². The Morgan fingerprint density at radius 1 is 1.03 bits per heavy atom. The molecule has 0 saturated carbocycles. The first-order valence-electron chi connectivity index (χ1n) is 12.0. The quantitative estimate of drug-likeness (QED) is 0.416. The molecule has 0 aliphatic carbocycles. The van der Waals surface area contributed by atoms with E-state index in [1.807, 2.05) is 30.5 Å². The van der Waals surface area contributed by atoms with E-state index in [0.717, 1.165) is 22.9 Å². The zero-order chi connectivity index (χ0) is 25.0. The SMILES string of the molecule is CC(C)C(=O)N[C@H](Cc1c[nH]c2ccccc12)NC(=O)[C@@H]1CCCCN1S(=O)(=O)c1ccccc1. The van der Waals surface area contributed by atoms with Gasteiger partial charge in [-0.2, -0.15) is 4.31 Å². The van der Waals surface area contributed by atoms with E-state index in [4.69, 9.17) is 0 Å². The average Bonchev–Trinajstić information content (AvgIpc) is 3.27. The molecule has 9 heteroatoms. The van der Waals surface area contributed by atoms with Gasteiger partial charge in [0.1, 0.15) is 12.2 Å². The molecule has 3 aromatic rings. The minimum Gasteiger partial charge on any atom is -0.361 e. The van der Waals surface area contributed by atoms with Crippen molar-refractivity contribution >= 4 is 32.7 Å². The molecule has 0 unspecified atom stereocenters. The van der Waals surface area contributed by atoms with E-state index in [-0.39, 0.29) is 23.3 Å². The predicted octanol–water partition coefficient (Wildman–Crippen LogP) is 3.17. The number of carbonyl (C=O) groups excluding carboxylic acids is 2. The molecule has 1 aromatic heterocycles. The molecule has 35 heavy (non-hydrogen) atoms. The van der Waals surface area contributed by atoms with Crippen LogP contribution in [-0.2, 0) is 26.0 Å². The number of para-hydroxylation sites is 1. The zero-order valence-corrected chi connectivity index (χ0v) is 20.8. The number of sulfonamides is 1. The van der Waals surface area contributed by atoms with Crippen LogP contribution < -0.4 is 10.6 Å². The Morgan fingerprint density at radius 2 is 1.74 bits per heavy atom. The first kappa shape index (κ1) is 24.9. The van der Waals surface area contributed by atoms with Crippen molar-refractivity contribution in [2.24, 2.45) is 5.92 Å². The van der Waals surface area contributed by atoms with Crippen LogP contribution in [0, 0.1) is 5.92 Å². The van der Waals surface area contributed by atoms with Crippen molar-refractivity contribution in [3.8, 4) is 0 Å². The molecule has 3 N–H and O–H groups in total. The van der Waals surface area contributed by atoms with Crippen LogP contribution in [0.3, 0.4) is 0 Å². The molecule has 1 aliphatic rings. The summed E-state index contributed by atoms with van der Waals surface area (Å²) in [6.07, 6.45) is 3.43. The second-order valence-corrected chi connectivity index (χ2v) is 11.1. The minimum atomic E-state index is -3.83. The molecule has 1 fully saturated rings. The number of hydrogen-bond donors (Lipinski definition) is 3. The summed E-state index contributed by atoms with van der Waals surface area (Å²) in [6.45, 7) is 3.85. The molecule has 8 nitrogen and oxygen atoms in total. The number of carbonyl (C=O) groups is 2. The number of rotatable bonds is 8. The van der Waals surface area contributed by atoms with Gasteiger partial charge in [-0.1, -0.05) is 56.7 Å². The highest BCUT2D eigenvalue weighted by atomic mass is 32.2. The van der Waals surface area contributed by atoms with E-state index < -0.39 is 28.1 Å². The summed E-state index contributed by atoms with van der Waals surface area (Å²) in [5, 5.41) is 6.87. The van der Waals surface area contributed by atoms with Crippen molar-refractivity contribution in [2.45, 2.75) is 56.6 Å². The third-order valence-electron chi connectivity index (χ3n) is 6.36. The lowest BCUT2D eigenvalue weighted by molar-refractivity contribution is -0.128. The zero-order valence-electron chi connectivity index (χ0n) is 20.0. The lowest BCUT2D eigenvalue weighted by Crippen LogP contribution is -2.57. The van der Waals surface area contributed by atoms with Crippen LogP contribution in [0.1, 0.15) is 38.7 Å². The normalized spacial score (nSPS) is 17.9. The number of nitrogens with one attached hydrogen (secondary N) is 3. The maximum atomic E-state index is 13.5. The second kappa shape index (κ2) is 10.6. The van der Waals surface area contributed by atoms with E-state index in [1.165, 1.54) is 4.31 Å². The largest absolute Gasteiger partial charge is 0.361 e. The van der Waals surface area contributed by atoms with Crippen LogP contribution in [0.25, 0.3) is 10.9 Å². The standard InChI is InChI=1S/C26H32N4O4S/c1-18(2)25(31)28-24(16-19-17-27-22-13-7-6-12-21(19)22)29-26(32)23-14-8-9-15-30(23)35(33,34)20-10-4-3-5-11-20/h3-7,10-13,17-18,23-24,27H,8-9,14-16H2,1-2H3,(H,28,31)(H,29,32)/t23-,24-/m0/s1. The molecule has 4 rings (SSSR count). The summed E-state index contributed by atoms with van der Waals surface area (Å²) in [7, 11) is -3.83. The summed E-state index contributed by atoms with van der Waals surface area (Å²) in [6, 6.07) is 15.2. The van der Waals surface area contributed by atoms with Crippen LogP contribution in [0.2, 0.25) is 0 Å². The fourth-order valence-electron chi connectivity index (χ4n) is 4.45. The van der Waals surface area contributed by atoms with E-state index in [1.54, 1.807) is 44.2 Å². The topological polar surface area (TPSA) is 111 Å². The predicted molar refractivity (Wildman–Crippen MR) is 135 cm³/mol.